The van der Waals surface area contributed by atoms with Gasteiger partial charge in [0.1, 0.15) is 0 Å². The Hall–Kier alpha value is -0.510. The van der Waals surface area contributed by atoms with E-state index in [9.17, 15) is 0 Å². The number of thioether (sulfide) groups is 1. The molecule has 0 aromatic heterocycles. The summed E-state index contributed by atoms with van der Waals surface area (Å²) < 4.78 is 10.3. The number of hydrogen-bond donors (Lipinski definition) is 0. The topological polar surface area (TPSA) is 18.5 Å². The number of benzene rings is 1. The van der Waals surface area contributed by atoms with E-state index in [0.29, 0.717) is 5.92 Å². The molecular weight excluding hydrogens is 220 g/mol. The predicted octanol–water partition coefficient (Wildman–Crippen LogP) is 3.52. The summed E-state index contributed by atoms with van der Waals surface area (Å²) in [6, 6.07) is 8.67. The highest BCUT2D eigenvalue weighted by Crippen LogP contribution is 2.22. The van der Waals surface area contributed by atoms with Crippen LogP contribution in [0.15, 0.2) is 29.2 Å². The molecule has 0 fully saturated rings. The van der Waals surface area contributed by atoms with Gasteiger partial charge in [-0.25, -0.2) is 0 Å². The molecular formula is C13H20O2S. The second kappa shape index (κ2) is 6.94. The van der Waals surface area contributed by atoms with Gasteiger partial charge in [0.15, 0.2) is 6.29 Å². The van der Waals surface area contributed by atoms with Crippen LogP contribution < -0.4 is 0 Å². The van der Waals surface area contributed by atoms with Gasteiger partial charge in [-0.3, -0.25) is 0 Å². The van der Waals surface area contributed by atoms with Gasteiger partial charge in [0.25, 0.3) is 0 Å². The van der Waals surface area contributed by atoms with E-state index in [-0.39, 0.29) is 6.29 Å². The first-order valence-corrected chi connectivity index (χ1v) is 6.44. The molecule has 0 saturated carbocycles. The first-order chi connectivity index (χ1) is 7.67. The van der Waals surface area contributed by atoms with E-state index in [4.69, 9.17) is 9.47 Å². The lowest BCUT2D eigenvalue weighted by atomic mass is 10.0. The molecule has 0 unspecified atom stereocenters. The molecule has 1 aromatic carbocycles. The zero-order valence-electron chi connectivity index (χ0n) is 10.4. The Balaban J connectivity index is 2.49. The molecule has 0 aliphatic heterocycles. The molecule has 0 saturated heterocycles. The molecule has 3 heteroatoms. The SMILES string of the molecule is COC(CSc1ccc(C(C)C)cc1)OC. The lowest BCUT2D eigenvalue weighted by molar-refractivity contribution is -0.0842. The molecule has 0 heterocycles. The molecule has 1 aromatic rings. The Morgan fingerprint density at radius 2 is 1.62 bits per heavy atom. The maximum atomic E-state index is 5.14. The molecule has 0 N–H and O–H groups in total. The highest BCUT2D eigenvalue weighted by molar-refractivity contribution is 7.99. The van der Waals surface area contributed by atoms with Crippen LogP contribution in [0.3, 0.4) is 0 Å². The van der Waals surface area contributed by atoms with Crippen molar-refractivity contribution < 1.29 is 9.47 Å². The smallest absolute Gasteiger partial charge is 0.166 e. The molecule has 1 rings (SSSR count). The molecule has 0 atom stereocenters. The number of hydrogen-bond acceptors (Lipinski definition) is 3. The summed E-state index contributed by atoms with van der Waals surface area (Å²) in [5.74, 6) is 1.40. The predicted molar refractivity (Wildman–Crippen MR) is 69.1 cm³/mol. The Morgan fingerprint density at radius 1 is 1.06 bits per heavy atom. The minimum absolute atomic E-state index is 0.130. The fraction of sp³-hybridized carbons (Fsp3) is 0.538. The van der Waals surface area contributed by atoms with Crippen LogP contribution >= 0.6 is 11.8 Å². The highest BCUT2D eigenvalue weighted by Gasteiger charge is 2.06. The Bertz CT molecular complexity index is 291. The maximum absolute atomic E-state index is 5.14. The van der Waals surface area contributed by atoms with Gasteiger partial charge in [-0.05, 0) is 23.6 Å². The molecule has 0 spiro atoms. The third-order valence-corrected chi connectivity index (χ3v) is 3.50. The Morgan fingerprint density at radius 3 is 2.06 bits per heavy atom. The van der Waals surface area contributed by atoms with Gasteiger partial charge >= 0.3 is 0 Å². The van der Waals surface area contributed by atoms with Crippen molar-refractivity contribution in [2.45, 2.75) is 31.0 Å². The standard InChI is InChI=1S/C13H20O2S/c1-10(2)11-5-7-12(8-6-11)16-9-13(14-3)15-4/h5-8,10,13H,9H2,1-4H3. The number of methoxy groups -OCH3 is 2. The van der Waals surface area contributed by atoms with Crippen molar-refractivity contribution in [2.75, 3.05) is 20.0 Å². The summed E-state index contributed by atoms with van der Waals surface area (Å²) in [4.78, 5) is 1.25. The van der Waals surface area contributed by atoms with Crippen molar-refractivity contribution in [2.24, 2.45) is 0 Å². The minimum Gasteiger partial charge on any atom is -0.355 e. The van der Waals surface area contributed by atoms with E-state index in [0.717, 1.165) is 5.75 Å². The molecule has 90 valence electrons. The highest BCUT2D eigenvalue weighted by atomic mass is 32.2. The van der Waals surface area contributed by atoms with Gasteiger partial charge in [-0.15, -0.1) is 11.8 Å². The fourth-order valence-electron chi connectivity index (χ4n) is 1.35. The summed E-state index contributed by atoms with van der Waals surface area (Å²) in [5, 5.41) is 0. The van der Waals surface area contributed by atoms with Crippen LogP contribution in [-0.4, -0.2) is 26.3 Å². The molecule has 0 aliphatic rings. The second-order valence-corrected chi connectivity index (χ2v) is 5.03. The minimum atomic E-state index is -0.130. The van der Waals surface area contributed by atoms with E-state index in [1.165, 1.54) is 10.5 Å². The molecule has 0 amide bonds. The number of ether oxygens (including phenoxy) is 2. The summed E-state index contributed by atoms with van der Waals surface area (Å²) in [6.07, 6.45) is -0.130. The van der Waals surface area contributed by atoms with Crippen LogP contribution in [0, 0.1) is 0 Å². The summed E-state index contributed by atoms with van der Waals surface area (Å²) in [5.41, 5.74) is 1.37. The molecule has 0 radical (unpaired) electrons. The van der Waals surface area contributed by atoms with Gasteiger partial charge in [0, 0.05) is 24.9 Å². The van der Waals surface area contributed by atoms with Crippen LogP contribution in [0.25, 0.3) is 0 Å². The average molecular weight is 240 g/mol. The quantitative estimate of drug-likeness (QED) is 0.560. The first kappa shape index (κ1) is 13.6. The third-order valence-electron chi connectivity index (χ3n) is 2.46. The van der Waals surface area contributed by atoms with Gasteiger partial charge in [-0.1, -0.05) is 26.0 Å². The van der Waals surface area contributed by atoms with Crippen molar-refractivity contribution in [3.8, 4) is 0 Å². The van der Waals surface area contributed by atoms with Crippen LogP contribution in [-0.2, 0) is 9.47 Å². The Labute approximate surface area is 102 Å². The number of rotatable bonds is 6. The Kier molecular flexibility index (Phi) is 5.88. The van der Waals surface area contributed by atoms with E-state index in [1.807, 2.05) is 0 Å². The molecule has 0 aliphatic carbocycles. The van der Waals surface area contributed by atoms with Gasteiger partial charge in [-0.2, -0.15) is 0 Å². The zero-order valence-corrected chi connectivity index (χ0v) is 11.2. The monoisotopic (exact) mass is 240 g/mol. The van der Waals surface area contributed by atoms with Crippen LogP contribution in [0.4, 0.5) is 0 Å². The van der Waals surface area contributed by atoms with Crippen molar-refractivity contribution in [3.05, 3.63) is 29.8 Å². The van der Waals surface area contributed by atoms with Crippen molar-refractivity contribution in [3.63, 3.8) is 0 Å². The van der Waals surface area contributed by atoms with Crippen molar-refractivity contribution in [1.82, 2.24) is 0 Å². The first-order valence-electron chi connectivity index (χ1n) is 5.45. The van der Waals surface area contributed by atoms with Crippen LogP contribution in [0.1, 0.15) is 25.3 Å². The molecule has 2 nitrogen and oxygen atoms in total. The molecule has 16 heavy (non-hydrogen) atoms. The molecule has 0 bridgehead atoms. The van der Waals surface area contributed by atoms with Crippen LogP contribution in [0.5, 0.6) is 0 Å². The third kappa shape index (κ3) is 4.16. The maximum Gasteiger partial charge on any atom is 0.166 e. The second-order valence-electron chi connectivity index (χ2n) is 3.94. The lowest BCUT2D eigenvalue weighted by Gasteiger charge is -2.13. The van der Waals surface area contributed by atoms with E-state index in [2.05, 4.69) is 38.1 Å². The van der Waals surface area contributed by atoms with Gasteiger partial charge in [0.05, 0.1) is 0 Å². The zero-order chi connectivity index (χ0) is 12.0. The van der Waals surface area contributed by atoms with Gasteiger partial charge < -0.3 is 9.47 Å². The van der Waals surface area contributed by atoms with Crippen LogP contribution in [0.2, 0.25) is 0 Å². The fourth-order valence-corrected chi connectivity index (χ4v) is 2.27. The van der Waals surface area contributed by atoms with Crippen molar-refractivity contribution in [1.29, 1.82) is 0 Å². The van der Waals surface area contributed by atoms with E-state index < -0.39 is 0 Å². The summed E-state index contributed by atoms with van der Waals surface area (Å²) in [7, 11) is 3.33. The van der Waals surface area contributed by atoms with Gasteiger partial charge in [0.2, 0.25) is 0 Å². The normalized spacial score (nSPS) is 11.4. The van der Waals surface area contributed by atoms with E-state index >= 15 is 0 Å². The average Bonchev–Trinajstić information content (AvgIpc) is 2.31. The van der Waals surface area contributed by atoms with E-state index in [1.54, 1.807) is 26.0 Å². The lowest BCUT2D eigenvalue weighted by Crippen LogP contribution is -2.15. The van der Waals surface area contributed by atoms with Crippen molar-refractivity contribution >= 4 is 11.8 Å². The summed E-state index contributed by atoms with van der Waals surface area (Å²) >= 11 is 1.75. The largest absolute Gasteiger partial charge is 0.355 e. The summed E-state index contributed by atoms with van der Waals surface area (Å²) in [6.45, 7) is 4.40.